The molecule has 4 nitrogen and oxygen atoms in total. The van der Waals surface area contributed by atoms with E-state index in [0.29, 0.717) is 18.4 Å². The smallest absolute Gasteiger partial charge is 0.114 e. The Hall–Kier alpha value is -0.160. The molecule has 3 fully saturated rings. The molecule has 0 spiro atoms. The summed E-state index contributed by atoms with van der Waals surface area (Å²) in [4.78, 5) is 2.57. The maximum atomic E-state index is 5.45. The van der Waals surface area contributed by atoms with Crippen molar-refractivity contribution in [2.75, 3.05) is 26.7 Å². The fourth-order valence-corrected chi connectivity index (χ4v) is 3.66. The van der Waals surface area contributed by atoms with Crippen LogP contribution in [0.1, 0.15) is 32.1 Å². The number of nitrogens with one attached hydrogen (secondary N) is 2. The van der Waals surface area contributed by atoms with E-state index in [0.717, 1.165) is 12.5 Å². The molecular formula is C13H25N3O. The minimum atomic E-state index is 0.453. The molecule has 0 amide bonds. The Balaban J connectivity index is 1.52. The Bertz CT molecular complexity index is 239. The van der Waals surface area contributed by atoms with E-state index < -0.39 is 0 Å². The van der Waals surface area contributed by atoms with Gasteiger partial charge in [0.1, 0.15) is 6.29 Å². The molecule has 2 atom stereocenters. The van der Waals surface area contributed by atoms with Crippen molar-refractivity contribution in [1.29, 1.82) is 0 Å². The van der Waals surface area contributed by atoms with Crippen molar-refractivity contribution in [2.45, 2.75) is 50.5 Å². The summed E-state index contributed by atoms with van der Waals surface area (Å²) < 4.78 is 5.45. The summed E-state index contributed by atoms with van der Waals surface area (Å²) in [7, 11) is 1.85. The van der Waals surface area contributed by atoms with Gasteiger partial charge in [0.15, 0.2) is 0 Å². The van der Waals surface area contributed by atoms with Crippen LogP contribution in [0, 0.1) is 5.92 Å². The summed E-state index contributed by atoms with van der Waals surface area (Å²) in [6, 6.07) is 0.698. The lowest BCUT2D eigenvalue weighted by molar-refractivity contribution is 0.0518. The number of ether oxygens (including phenoxy) is 1. The molecule has 4 heteroatoms. The molecule has 3 rings (SSSR count). The van der Waals surface area contributed by atoms with Gasteiger partial charge in [0, 0.05) is 26.2 Å². The molecule has 0 aromatic carbocycles. The number of hydrogen-bond donors (Lipinski definition) is 2. The molecule has 2 N–H and O–H groups in total. The summed E-state index contributed by atoms with van der Waals surface area (Å²) >= 11 is 0. The monoisotopic (exact) mass is 239 g/mol. The van der Waals surface area contributed by atoms with E-state index >= 15 is 0 Å². The molecule has 0 aromatic heterocycles. The van der Waals surface area contributed by atoms with Crippen LogP contribution in [0.3, 0.4) is 0 Å². The summed E-state index contributed by atoms with van der Waals surface area (Å²) in [6.07, 6.45) is 7.42. The van der Waals surface area contributed by atoms with E-state index in [4.69, 9.17) is 4.74 Å². The first kappa shape index (κ1) is 11.9. The maximum Gasteiger partial charge on any atom is 0.114 e. The largest absolute Gasteiger partial charge is 0.381 e. The van der Waals surface area contributed by atoms with Crippen LogP contribution in [0.15, 0.2) is 0 Å². The predicted octanol–water partition coefficient (Wildman–Crippen LogP) is 0.742. The van der Waals surface area contributed by atoms with Gasteiger partial charge in [-0.1, -0.05) is 0 Å². The fourth-order valence-electron chi connectivity index (χ4n) is 3.66. The van der Waals surface area contributed by atoms with E-state index in [1.807, 2.05) is 7.11 Å². The van der Waals surface area contributed by atoms with Gasteiger partial charge >= 0.3 is 0 Å². The van der Waals surface area contributed by atoms with Gasteiger partial charge < -0.3 is 4.74 Å². The summed E-state index contributed by atoms with van der Waals surface area (Å²) in [6.45, 7) is 3.66. The summed E-state index contributed by atoms with van der Waals surface area (Å²) in [5, 5.41) is 7.33. The predicted molar refractivity (Wildman–Crippen MR) is 67.7 cm³/mol. The highest BCUT2D eigenvalue weighted by atomic mass is 16.5. The van der Waals surface area contributed by atoms with Crippen molar-refractivity contribution in [1.82, 2.24) is 15.5 Å². The molecule has 2 aliphatic heterocycles. The number of nitrogens with zero attached hydrogens (tertiary/aromatic N) is 1. The van der Waals surface area contributed by atoms with Crippen LogP contribution >= 0.6 is 0 Å². The molecule has 2 heterocycles. The van der Waals surface area contributed by atoms with Gasteiger partial charge in [-0.3, -0.25) is 15.5 Å². The number of hydrogen-bond acceptors (Lipinski definition) is 4. The lowest BCUT2D eigenvalue weighted by Crippen LogP contribution is -2.53. The van der Waals surface area contributed by atoms with E-state index in [2.05, 4.69) is 15.5 Å². The van der Waals surface area contributed by atoms with Gasteiger partial charge in [0.2, 0.25) is 0 Å². The summed E-state index contributed by atoms with van der Waals surface area (Å²) in [5.41, 5.74) is 0. The minimum Gasteiger partial charge on any atom is -0.381 e. The van der Waals surface area contributed by atoms with E-state index in [1.165, 1.54) is 45.2 Å². The Kier molecular flexibility index (Phi) is 3.66. The Labute approximate surface area is 104 Å². The van der Waals surface area contributed by atoms with Gasteiger partial charge in [-0.2, -0.15) is 0 Å². The van der Waals surface area contributed by atoms with Crippen molar-refractivity contribution in [3.05, 3.63) is 0 Å². The Morgan fingerprint density at radius 1 is 1.18 bits per heavy atom. The van der Waals surface area contributed by atoms with Crippen LogP contribution in [0.4, 0.5) is 0 Å². The molecular weight excluding hydrogens is 214 g/mol. The van der Waals surface area contributed by atoms with Crippen LogP contribution in [0.2, 0.25) is 0 Å². The molecule has 3 aliphatic rings. The van der Waals surface area contributed by atoms with Crippen molar-refractivity contribution in [3.63, 3.8) is 0 Å². The van der Waals surface area contributed by atoms with Gasteiger partial charge in [-0.05, 0) is 44.6 Å². The minimum absolute atomic E-state index is 0.453. The average Bonchev–Trinajstić information content (AvgIpc) is 2.82. The van der Waals surface area contributed by atoms with Gasteiger partial charge in [0.25, 0.3) is 0 Å². The maximum absolute atomic E-state index is 5.45. The lowest BCUT2D eigenvalue weighted by atomic mass is 9.82. The first-order valence-corrected chi connectivity index (χ1v) is 7.13. The number of rotatable bonds is 2. The zero-order valence-corrected chi connectivity index (χ0v) is 10.8. The van der Waals surface area contributed by atoms with Crippen LogP contribution < -0.4 is 10.6 Å². The van der Waals surface area contributed by atoms with E-state index in [9.17, 15) is 0 Å². The number of fused-ring (bicyclic) bond motifs is 1. The van der Waals surface area contributed by atoms with Gasteiger partial charge in [-0.25, -0.2) is 0 Å². The third-order valence-corrected chi connectivity index (χ3v) is 4.75. The molecule has 0 bridgehead atoms. The van der Waals surface area contributed by atoms with Crippen molar-refractivity contribution < 1.29 is 4.74 Å². The second kappa shape index (κ2) is 5.22. The second-order valence-electron chi connectivity index (χ2n) is 5.75. The fraction of sp³-hybridized carbons (Fsp3) is 1.00. The first-order chi connectivity index (χ1) is 8.36. The molecule has 2 saturated heterocycles. The zero-order valence-electron chi connectivity index (χ0n) is 10.8. The van der Waals surface area contributed by atoms with Crippen LogP contribution in [-0.4, -0.2) is 50.1 Å². The Morgan fingerprint density at radius 2 is 2.00 bits per heavy atom. The van der Waals surface area contributed by atoms with E-state index in [-0.39, 0.29) is 0 Å². The molecule has 1 aliphatic carbocycles. The molecule has 17 heavy (non-hydrogen) atoms. The molecule has 2 unspecified atom stereocenters. The average molecular weight is 239 g/mol. The second-order valence-corrected chi connectivity index (χ2v) is 5.75. The van der Waals surface area contributed by atoms with E-state index in [1.54, 1.807) is 0 Å². The van der Waals surface area contributed by atoms with Crippen LogP contribution in [-0.2, 0) is 4.74 Å². The van der Waals surface area contributed by atoms with Gasteiger partial charge in [-0.15, -0.1) is 0 Å². The highest BCUT2D eigenvalue weighted by Gasteiger charge is 2.37. The quantitative estimate of drug-likeness (QED) is 0.745. The highest BCUT2D eigenvalue weighted by Crippen LogP contribution is 2.30. The van der Waals surface area contributed by atoms with Crippen molar-refractivity contribution in [2.24, 2.45) is 5.92 Å². The van der Waals surface area contributed by atoms with Crippen molar-refractivity contribution in [3.8, 4) is 0 Å². The standard InChI is InChI=1S/C13H25N3O/c1-17-11-5-3-10(4-6-11)12-9-16-8-2-7-14-13(16)15-12/h10-15H,2-9H2,1H3. The zero-order chi connectivity index (χ0) is 11.7. The number of methoxy groups -OCH3 is 1. The topological polar surface area (TPSA) is 36.5 Å². The first-order valence-electron chi connectivity index (χ1n) is 7.13. The highest BCUT2D eigenvalue weighted by molar-refractivity contribution is 4.93. The molecule has 1 saturated carbocycles. The third-order valence-electron chi connectivity index (χ3n) is 4.75. The SMILES string of the molecule is COC1CCC(C2CN3CCCNC3N2)CC1. The Morgan fingerprint density at radius 3 is 2.71 bits per heavy atom. The lowest BCUT2D eigenvalue weighted by Gasteiger charge is -2.31. The molecule has 98 valence electrons. The van der Waals surface area contributed by atoms with Crippen LogP contribution in [0.25, 0.3) is 0 Å². The van der Waals surface area contributed by atoms with Crippen molar-refractivity contribution >= 4 is 0 Å². The summed E-state index contributed by atoms with van der Waals surface area (Å²) in [5.74, 6) is 0.855. The molecule has 0 aromatic rings. The van der Waals surface area contributed by atoms with Gasteiger partial charge in [0.05, 0.1) is 6.10 Å². The van der Waals surface area contributed by atoms with Crippen LogP contribution in [0.5, 0.6) is 0 Å². The third kappa shape index (κ3) is 2.50. The molecule has 0 radical (unpaired) electrons. The normalized spacial score (nSPS) is 43.6.